The zero-order valence-corrected chi connectivity index (χ0v) is 7.74. The minimum Gasteiger partial charge on any atom is -0.273 e. The number of aryl methyl sites for hydroxylation is 1. The van der Waals surface area contributed by atoms with Gasteiger partial charge in [0.1, 0.15) is 4.83 Å². The van der Waals surface area contributed by atoms with E-state index in [2.05, 4.69) is 27.1 Å². The number of aromatic nitrogens is 2. The molecule has 1 atom stereocenters. The molecular formula is C7H8BrN3. The molecule has 0 amide bonds. The SMILES string of the molecule is CCn1cc(C(Br)C#N)cn1. The third-order valence-electron chi connectivity index (χ3n) is 1.38. The average molecular weight is 214 g/mol. The fraction of sp³-hybridized carbons (Fsp3) is 0.429. The van der Waals surface area contributed by atoms with Crippen LogP contribution in [0, 0.1) is 11.3 Å². The lowest BCUT2D eigenvalue weighted by Crippen LogP contribution is -1.92. The Morgan fingerprint density at radius 1 is 1.91 bits per heavy atom. The summed E-state index contributed by atoms with van der Waals surface area (Å²) in [6.07, 6.45) is 3.56. The van der Waals surface area contributed by atoms with Crippen molar-refractivity contribution >= 4 is 15.9 Å². The van der Waals surface area contributed by atoms with Crippen molar-refractivity contribution in [3.8, 4) is 6.07 Å². The molecule has 1 aromatic rings. The van der Waals surface area contributed by atoms with Gasteiger partial charge in [0, 0.05) is 18.3 Å². The highest BCUT2D eigenvalue weighted by Crippen LogP contribution is 2.20. The van der Waals surface area contributed by atoms with Gasteiger partial charge in [0.05, 0.1) is 12.3 Å². The van der Waals surface area contributed by atoms with Crippen LogP contribution in [0.4, 0.5) is 0 Å². The van der Waals surface area contributed by atoms with E-state index in [-0.39, 0.29) is 4.83 Å². The molecule has 1 heterocycles. The minimum absolute atomic E-state index is 0.234. The number of nitrogens with zero attached hydrogens (tertiary/aromatic N) is 3. The Balaban J connectivity index is 2.82. The average Bonchev–Trinajstić information content (AvgIpc) is 2.50. The van der Waals surface area contributed by atoms with Crippen molar-refractivity contribution in [3.05, 3.63) is 18.0 Å². The lowest BCUT2D eigenvalue weighted by molar-refractivity contribution is 0.659. The first-order chi connectivity index (χ1) is 5.27. The topological polar surface area (TPSA) is 41.6 Å². The van der Waals surface area contributed by atoms with Crippen LogP contribution in [-0.4, -0.2) is 9.78 Å². The second kappa shape index (κ2) is 3.54. The van der Waals surface area contributed by atoms with Gasteiger partial charge in [-0.05, 0) is 6.92 Å². The van der Waals surface area contributed by atoms with Crippen molar-refractivity contribution in [2.45, 2.75) is 18.3 Å². The summed E-state index contributed by atoms with van der Waals surface area (Å²) in [7, 11) is 0. The fourth-order valence-electron chi connectivity index (χ4n) is 0.758. The first kappa shape index (κ1) is 8.28. The largest absolute Gasteiger partial charge is 0.273 e. The number of rotatable bonds is 2. The summed E-state index contributed by atoms with van der Waals surface area (Å²) in [6, 6.07) is 2.08. The smallest absolute Gasteiger partial charge is 0.129 e. The lowest BCUT2D eigenvalue weighted by Gasteiger charge is -1.92. The van der Waals surface area contributed by atoms with Crippen LogP contribution in [0.5, 0.6) is 0 Å². The van der Waals surface area contributed by atoms with Gasteiger partial charge in [-0.15, -0.1) is 0 Å². The molecule has 0 radical (unpaired) electrons. The number of nitriles is 1. The van der Waals surface area contributed by atoms with Crippen LogP contribution in [0.2, 0.25) is 0 Å². The summed E-state index contributed by atoms with van der Waals surface area (Å²) in [5.74, 6) is 0. The monoisotopic (exact) mass is 213 g/mol. The molecule has 58 valence electrons. The van der Waals surface area contributed by atoms with E-state index >= 15 is 0 Å². The molecule has 1 aromatic heterocycles. The van der Waals surface area contributed by atoms with Gasteiger partial charge >= 0.3 is 0 Å². The normalized spacial score (nSPS) is 12.5. The molecule has 0 saturated carbocycles. The molecule has 4 heteroatoms. The maximum absolute atomic E-state index is 8.54. The maximum atomic E-state index is 8.54. The predicted octanol–water partition coefficient (Wildman–Crippen LogP) is 1.86. The standard InChI is InChI=1S/C7H8BrN3/c1-2-11-5-6(4-10-11)7(8)3-9/h4-5,7H,2H2,1H3. The molecule has 0 N–H and O–H groups in total. The predicted molar refractivity (Wildman–Crippen MR) is 45.2 cm³/mol. The van der Waals surface area contributed by atoms with E-state index in [9.17, 15) is 0 Å². The quantitative estimate of drug-likeness (QED) is 0.705. The van der Waals surface area contributed by atoms with E-state index in [4.69, 9.17) is 5.26 Å². The van der Waals surface area contributed by atoms with Crippen molar-refractivity contribution in [3.63, 3.8) is 0 Å². The Bertz CT molecular complexity index is 273. The van der Waals surface area contributed by atoms with Crippen molar-refractivity contribution in [2.24, 2.45) is 0 Å². The highest BCUT2D eigenvalue weighted by atomic mass is 79.9. The fourth-order valence-corrected chi connectivity index (χ4v) is 0.994. The highest BCUT2D eigenvalue weighted by Gasteiger charge is 2.06. The molecule has 0 aliphatic carbocycles. The molecule has 1 unspecified atom stereocenters. The van der Waals surface area contributed by atoms with Crippen LogP contribution in [0.1, 0.15) is 17.3 Å². The molecule has 0 aliphatic rings. The van der Waals surface area contributed by atoms with E-state index in [1.54, 1.807) is 10.9 Å². The van der Waals surface area contributed by atoms with Gasteiger partial charge in [-0.2, -0.15) is 10.4 Å². The van der Waals surface area contributed by atoms with Crippen LogP contribution < -0.4 is 0 Å². The Kier molecular flexibility index (Phi) is 2.66. The van der Waals surface area contributed by atoms with E-state index in [0.29, 0.717) is 0 Å². The Hall–Kier alpha value is -0.820. The Morgan fingerprint density at radius 3 is 3.09 bits per heavy atom. The summed E-state index contributed by atoms with van der Waals surface area (Å²) in [5, 5.41) is 12.6. The van der Waals surface area contributed by atoms with Gasteiger partial charge in [-0.25, -0.2) is 0 Å². The van der Waals surface area contributed by atoms with E-state index in [1.165, 1.54) is 0 Å². The van der Waals surface area contributed by atoms with Gasteiger partial charge < -0.3 is 0 Å². The summed E-state index contributed by atoms with van der Waals surface area (Å²) in [4.78, 5) is -0.234. The van der Waals surface area contributed by atoms with Crippen LogP contribution in [0.25, 0.3) is 0 Å². The van der Waals surface area contributed by atoms with E-state index in [0.717, 1.165) is 12.1 Å². The molecule has 0 bridgehead atoms. The number of alkyl halides is 1. The Labute approximate surface area is 73.8 Å². The molecule has 0 spiro atoms. The molecular weight excluding hydrogens is 206 g/mol. The number of hydrogen-bond donors (Lipinski definition) is 0. The molecule has 0 aromatic carbocycles. The zero-order valence-electron chi connectivity index (χ0n) is 6.16. The van der Waals surface area contributed by atoms with Gasteiger partial charge in [-0.3, -0.25) is 4.68 Å². The molecule has 1 rings (SSSR count). The van der Waals surface area contributed by atoms with E-state index < -0.39 is 0 Å². The van der Waals surface area contributed by atoms with Crippen LogP contribution in [0.3, 0.4) is 0 Å². The van der Waals surface area contributed by atoms with Crippen LogP contribution in [0.15, 0.2) is 12.4 Å². The van der Waals surface area contributed by atoms with Gasteiger partial charge in [0.25, 0.3) is 0 Å². The van der Waals surface area contributed by atoms with Crippen molar-refractivity contribution in [2.75, 3.05) is 0 Å². The first-order valence-corrected chi connectivity index (χ1v) is 4.25. The number of hydrogen-bond acceptors (Lipinski definition) is 2. The Morgan fingerprint density at radius 2 is 2.64 bits per heavy atom. The van der Waals surface area contributed by atoms with Gasteiger partial charge in [0.15, 0.2) is 0 Å². The van der Waals surface area contributed by atoms with Gasteiger partial charge in [0.2, 0.25) is 0 Å². The maximum Gasteiger partial charge on any atom is 0.129 e. The summed E-state index contributed by atoms with van der Waals surface area (Å²) in [6.45, 7) is 2.84. The molecule has 0 aliphatic heterocycles. The lowest BCUT2D eigenvalue weighted by atomic mass is 10.3. The van der Waals surface area contributed by atoms with Crippen LogP contribution >= 0.6 is 15.9 Å². The summed E-state index contributed by atoms with van der Waals surface area (Å²) >= 11 is 3.21. The summed E-state index contributed by atoms with van der Waals surface area (Å²) in [5.41, 5.74) is 0.911. The second-order valence-electron chi connectivity index (χ2n) is 2.12. The van der Waals surface area contributed by atoms with Crippen molar-refractivity contribution < 1.29 is 0 Å². The van der Waals surface area contributed by atoms with E-state index in [1.807, 2.05) is 13.1 Å². The van der Waals surface area contributed by atoms with Crippen molar-refractivity contribution in [1.29, 1.82) is 5.26 Å². The molecule has 0 fully saturated rings. The van der Waals surface area contributed by atoms with Crippen LogP contribution in [-0.2, 0) is 6.54 Å². The molecule has 0 saturated heterocycles. The third kappa shape index (κ3) is 1.81. The molecule has 3 nitrogen and oxygen atoms in total. The summed E-state index contributed by atoms with van der Waals surface area (Å²) < 4.78 is 1.79. The highest BCUT2D eigenvalue weighted by molar-refractivity contribution is 9.09. The third-order valence-corrected chi connectivity index (χ3v) is 2.12. The van der Waals surface area contributed by atoms with Gasteiger partial charge in [-0.1, -0.05) is 15.9 Å². The minimum atomic E-state index is -0.234. The second-order valence-corrected chi connectivity index (χ2v) is 3.04. The molecule has 11 heavy (non-hydrogen) atoms. The van der Waals surface area contributed by atoms with Crippen molar-refractivity contribution in [1.82, 2.24) is 9.78 Å². The first-order valence-electron chi connectivity index (χ1n) is 3.34. The number of halogens is 1. The zero-order chi connectivity index (χ0) is 8.27.